The molecule has 1 aliphatic rings. The average Bonchev–Trinajstić information content (AvgIpc) is 3.35. The highest BCUT2D eigenvalue weighted by Gasteiger charge is 2.38. The molecule has 9 N–H and O–H groups in total. The van der Waals surface area contributed by atoms with Crippen molar-refractivity contribution in [3.8, 4) is 0 Å². The molecule has 0 aliphatic carbocycles. The Morgan fingerprint density at radius 2 is 1.46 bits per heavy atom. The summed E-state index contributed by atoms with van der Waals surface area (Å²) in [4.78, 5) is 64.8. The molecule has 0 bridgehead atoms. The maximum absolute atomic E-state index is 13.0. The van der Waals surface area contributed by atoms with Gasteiger partial charge in [-0.2, -0.15) is 0 Å². The molecule has 0 aromatic carbocycles. The third-order valence-corrected chi connectivity index (χ3v) is 6.60. The number of aliphatic carboxylic acids is 1. The Morgan fingerprint density at radius 3 is 2.00 bits per heavy atom. The van der Waals surface area contributed by atoms with Crippen molar-refractivity contribution in [2.75, 3.05) is 19.7 Å². The molecule has 0 spiro atoms. The molecule has 0 unspecified atom stereocenters. The lowest BCUT2D eigenvalue weighted by Crippen LogP contribution is -2.59. The summed E-state index contributed by atoms with van der Waals surface area (Å²) in [6.07, 6.45) is 3.28. The molecule has 224 valence electrons. The number of unbranched alkanes of at least 4 members (excludes halogenated alkanes) is 1. The number of nitrogens with zero attached hydrogens (tertiary/aromatic N) is 1. The van der Waals surface area contributed by atoms with Crippen LogP contribution in [0.4, 0.5) is 0 Å². The van der Waals surface area contributed by atoms with Crippen LogP contribution in [0.3, 0.4) is 0 Å². The number of hydrogen-bond donors (Lipinski definition) is 7. The summed E-state index contributed by atoms with van der Waals surface area (Å²) in [6.45, 7) is 7.46. The van der Waals surface area contributed by atoms with Gasteiger partial charge in [0.1, 0.15) is 24.2 Å². The number of carboxylic acid groups (broad SMARTS) is 1. The van der Waals surface area contributed by atoms with Crippen molar-refractivity contribution in [3.05, 3.63) is 0 Å². The Hall–Kier alpha value is -2.77. The number of nitrogens with two attached hydrogens (primary N) is 2. The van der Waals surface area contributed by atoms with Gasteiger partial charge < -0.3 is 42.5 Å². The Bertz CT molecular complexity index is 838. The molecule has 0 aromatic rings. The largest absolute Gasteiger partial charge is 0.480 e. The van der Waals surface area contributed by atoms with Gasteiger partial charge in [0.25, 0.3) is 0 Å². The summed E-state index contributed by atoms with van der Waals surface area (Å²) in [7, 11) is 0. The van der Waals surface area contributed by atoms with E-state index in [1.165, 1.54) is 4.90 Å². The zero-order chi connectivity index (χ0) is 29.7. The van der Waals surface area contributed by atoms with Crippen molar-refractivity contribution in [2.45, 2.75) is 103 Å². The van der Waals surface area contributed by atoms with Crippen molar-refractivity contribution in [2.24, 2.45) is 23.3 Å². The Kier molecular flexibility index (Phi) is 15.0. The van der Waals surface area contributed by atoms with Gasteiger partial charge >= 0.3 is 5.97 Å². The maximum Gasteiger partial charge on any atom is 0.326 e. The number of carbonyl (C=O) groups is 5. The lowest BCUT2D eigenvalue weighted by molar-refractivity contribution is -0.143. The lowest BCUT2D eigenvalue weighted by Gasteiger charge is -2.29. The minimum absolute atomic E-state index is 0.0149. The van der Waals surface area contributed by atoms with Crippen LogP contribution < -0.4 is 27.4 Å². The first-order chi connectivity index (χ1) is 18.3. The third-order valence-electron chi connectivity index (χ3n) is 6.60. The normalized spacial score (nSPS) is 18.4. The van der Waals surface area contributed by atoms with E-state index in [4.69, 9.17) is 11.5 Å². The van der Waals surface area contributed by atoms with Gasteiger partial charge in [0.15, 0.2) is 0 Å². The van der Waals surface area contributed by atoms with Crippen LogP contribution in [0.2, 0.25) is 0 Å². The van der Waals surface area contributed by atoms with Gasteiger partial charge in [-0.15, -0.1) is 0 Å². The topological polar surface area (TPSA) is 217 Å². The minimum Gasteiger partial charge on any atom is -0.480 e. The number of amides is 4. The zero-order valence-electron chi connectivity index (χ0n) is 23.7. The summed E-state index contributed by atoms with van der Waals surface area (Å²) in [5, 5.41) is 26.8. The van der Waals surface area contributed by atoms with Crippen LogP contribution >= 0.6 is 0 Å². The van der Waals surface area contributed by atoms with Crippen LogP contribution in [0.5, 0.6) is 0 Å². The first kappa shape index (κ1) is 34.3. The van der Waals surface area contributed by atoms with Crippen molar-refractivity contribution in [1.29, 1.82) is 0 Å². The first-order valence-corrected chi connectivity index (χ1v) is 13.8. The fourth-order valence-electron chi connectivity index (χ4n) is 4.55. The van der Waals surface area contributed by atoms with E-state index < -0.39 is 60.5 Å². The van der Waals surface area contributed by atoms with E-state index in [-0.39, 0.29) is 30.6 Å². The summed E-state index contributed by atoms with van der Waals surface area (Å²) >= 11 is 0. The molecule has 4 amide bonds. The molecule has 0 radical (unpaired) electrons. The van der Waals surface area contributed by atoms with E-state index in [1.807, 2.05) is 27.7 Å². The number of aliphatic hydroxyl groups is 1. The van der Waals surface area contributed by atoms with E-state index in [9.17, 15) is 34.2 Å². The predicted molar refractivity (Wildman–Crippen MR) is 145 cm³/mol. The molecule has 39 heavy (non-hydrogen) atoms. The number of carboxylic acids is 1. The molecule has 1 aliphatic heterocycles. The maximum atomic E-state index is 13.0. The molecule has 1 fully saturated rings. The molecule has 0 aromatic heterocycles. The number of hydrogen-bond acceptors (Lipinski definition) is 8. The molecule has 13 nitrogen and oxygen atoms in total. The van der Waals surface area contributed by atoms with Crippen LogP contribution in [0.15, 0.2) is 0 Å². The number of nitrogens with one attached hydrogen (secondary N) is 3. The second-order valence-corrected chi connectivity index (χ2v) is 11.0. The minimum atomic E-state index is -1.37. The molecule has 1 heterocycles. The van der Waals surface area contributed by atoms with Gasteiger partial charge in [-0.3, -0.25) is 19.2 Å². The second-order valence-electron chi connectivity index (χ2n) is 11.0. The highest BCUT2D eigenvalue weighted by atomic mass is 16.4. The lowest BCUT2D eigenvalue weighted by atomic mass is 10.00. The van der Waals surface area contributed by atoms with E-state index in [1.54, 1.807) is 0 Å². The number of aliphatic hydroxyl groups excluding tert-OH is 1. The molecular formula is C26H48N6O7. The van der Waals surface area contributed by atoms with Crippen LogP contribution in [-0.4, -0.2) is 94.6 Å². The average molecular weight is 557 g/mol. The smallest absolute Gasteiger partial charge is 0.326 e. The van der Waals surface area contributed by atoms with Gasteiger partial charge in [-0.05, 0) is 56.9 Å². The summed E-state index contributed by atoms with van der Waals surface area (Å²) in [6, 6.07) is -5.16. The Morgan fingerprint density at radius 1 is 0.897 bits per heavy atom. The van der Waals surface area contributed by atoms with Gasteiger partial charge in [0.2, 0.25) is 23.6 Å². The number of carbonyl (C=O) groups excluding carboxylic acids is 4. The Labute approximate surface area is 230 Å². The fourth-order valence-corrected chi connectivity index (χ4v) is 4.55. The van der Waals surface area contributed by atoms with Gasteiger partial charge in [0.05, 0.1) is 12.6 Å². The standard InChI is InChI=1S/C26H48N6O7/c1-15(2)12-18(22(34)30-19(26(38)39)13-16(3)4)29-23(35)20(14-33)31-24(36)21-9-7-11-32(21)25(37)17(28)8-5-6-10-27/h15-21,33H,5-14,27-28H2,1-4H3,(H,29,35)(H,30,34)(H,31,36)(H,38,39)/t17-,18-,19-,20-,21-/m0/s1. The SMILES string of the molecule is CC(C)C[C@H](NC(=O)[C@H](CC(C)C)NC(=O)[C@H](CO)NC(=O)[C@@H]1CCCN1C(=O)[C@@H](N)CCCCN)C(=O)O. The van der Waals surface area contributed by atoms with Crippen LogP contribution in [0, 0.1) is 11.8 Å². The molecule has 13 heteroatoms. The second kappa shape index (κ2) is 17.0. The summed E-state index contributed by atoms with van der Waals surface area (Å²) < 4.78 is 0. The zero-order valence-corrected chi connectivity index (χ0v) is 23.7. The molecule has 0 saturated carbocycles. The highest BCUT2D eigenvalue weighted by molar-refractivity contribution is 5.95. The predicted octanol–water partition coefficient (Wildman–Crippen LogP) is -0.943. The van der Waals surface area contributed by atoms with Gasteiger partial charge in [-0.1, -0.05) is 34.1 Å². The van der Waals surface area contributed by atoms with Gasteiger partial charge in [-0.25, -0.2) is 4.79 Å². The van der Waals surface area contributed by atoms with E-state index in [0.717, 1.165) is 6.42 Å². The van der Waals surface area contributed by atoms with Crippen LogP contribution in [0.25, 0.3) is 0 Å². The number of likely N-dealkylation sites (tertiary alicyclic amines) is 1. The van der Waals surface area contributed by atoms with Crippen molar-refractivity contribution < 1.29 is 34.2 Å². The molecular weight excluding hydrogens is 508 g/mol. The fraction of sp³-hybridized carbons (Fsp3) is 0.808. The van der Waals surface area contributed by atoms with Crippen molar-refractivity contribution in [3.63, 3.8) is 0 Å². The number of rotatable bonds is 17. The quantitative estimate of drug-likeness (QED) is 0.110. The van der Waals surface area contributed by atoms with Crippen LogP contribution in [0.1, 0.15) is 72.6 Å². The van der Waals surface area contributed by atoms with Crippen molar-refractivity contribution >= 4 is 29.6 Å². The first-order valence-electron chi connectivity index (χ1n) is 13.8. The molecule has 1 saturated heterocycles. The Balaban J connectivity index is 2.89. The van der Waals surface area contributed by atoms with E-state index in [0.29, 0.717) is 38.8 Å². The molecule has 5 atom stereocenters. The van der Waals surface area contributed by atoms with E-state index in [2.05, 4.69) is 16.0 Å². The third kappa shape index (κ3) is 11.5. The van der Waals surface area contributed by atoms with Gasteiger partial charge in [0, 0.05) is 6.54 Å². The van der Waals surface area contributed by atoms with Crippen LogP contribution in [-0.2, 0) is 24.0 Å². The monoisotopic (exact) mass is 556 g/mol. The summed E-state index contributed by atoms with van der Waals surface area (Å²) in [5.41, 5.74) is 11.5. The van der Waals surface area contributed by atoms with E-state index >= 15 is 0 Å². The summed E-state index contributed by atoms with van der Waals surface area (Å²) in [5.74, 6) is -3.59. The molecule has 1 rings (SSSR count). The van der Waals surface area contributed by atoms with Crippen molar-refractivity contribution in [1.82, 2.24) is 20.9 Å². The highest BCUT2D eigenvalue weighted by Crippen LogP contribution is 2.19.